The molecule has 2 aromatic carbocycles. The summed E-state index contributed by atoms with van der Waals surface area (Å²) in [5, 5.41) is 2.90. The highest BCUT2D eigenvalue weighted by molar-refractivity contribution is 5.97. The van der Waals surface area contributed by atoms with Gasteiger partial charge in [-0.25, -0.2) is 0 Å². The molecule has 6 nitrogen and oxygen atoms in total. The Hall–Kier alpha value is -3.15. The van der Waals surface area contributed by atoms with Gasteiger partial charge in [0.05, 0.1) is 0 Å². The van der Waals surface area contributed by atoms with Crippen LogP contribution in [-0.4, -0.2) is 60.2 Å². The molecule has 1 fully saturated rings. The van der Waals surface area contributed by atoms with Gasteiger partial charge in [0.1, 0.15) is 0 Å². The van der Waals surface area contributed by atoms with Gasteiger partial charge in [0, 0.05) is 50.8 Å². The molecule has 1 N–H and O–H groups in total. The predicted molar refractivity (Wildman–Crippen MR) is 107 cm³/mol. The third kappa shape index (κ3) is 4.97. The Balaban J connectivity index is 1.50. The Bertz CT molecular complexity index is 826. The highest BCUT2D eigenvalue weighted by Gasteiger charge is 2.23. The molecular formula is C22H25N3O3. The van der Waals surface area contributed by atoms with Crippen molar-refractivity contribution in [3.8, 4) is 0 Å². The Morgan fingerprint density at radius 1 is 0.821 bits per heavy atom. The minimum atomic E-state index is -0.148. The second-order valence-electron chi connectivity index (χ2n) is 6.87. The first kappa shape index (κ1) is 19.6. The molecule has 0 bridgehead atoms. The maximum Gasteiger partial charge on any atom is 0.253 e. The van der Waals surface area contributed by atoms with Crippen molar-refractivity contribution in [2.45, 2.75) is 13.3 Å². The summed E-state index contributed by atoms with van der Waals surface area (Å²) >= 11 is 0. The molecule has 1 aliphatic rings. The van der Waals surface area contributed by atoms with Crippen molar-refractivity contribution in [2.24, 2.45) is 0 Å². The zero-order chi connectivity index (χ0) is 19.9. The Morgan fingerprint density at radius 3 is 2.00 bits per heavy atom. The zero-order valence-corrected chi connectivity index (χ0v) is 16.1. The number of piperazine rings is 1. The molecule has 1 aliphatic heterocycles. The third-order valence-electron chi connectivity index (χ3n) is 4.95. The van der Waals surface area contributed by atoms with Crippen LogP contribution in [0.2, 0.25) is 0 Å². The Labute approximate surface area is 165 Å². The molecule has 28 heavy (non-hydrogen) atoms. The van der Waals surface area contributed by atoms with Gasteiger partial charge in [-0.3, -0.25) is 14.4 Å². The van der Waals surface area contributed by atoms with Crippen molar-refractivity contribution in [1.29, 1.82) is 0 Å². The average molecular weight is 379 g/mol. The first-order chi connectivity index (χ1) is 13.5. The number of hydrogen-bond acceptors (Lipinski definition) is 3. The molecule has 146 valence electrons. The first-order valence-electron chi connectivity index (χ1n) is 9.51. The number of carbonyl (C=O) groups is 3. The van der Waals surface area contributed by atoms with E-state index in [0.717, 1.165) is 6.42 Å². The van der Waals surface area contributed by atoms with Gasteiger partial charge in [-0.15, -0.1) is 0 Å². The van der Waals surface area contributed by atoms with Gasteiger partial charge >= 0.3 is 0 Å². The summed E-state index contributed by atoms with van der Waals surface area (Å²) in [4.78, 5) is 39.8. The molecule has 3 amide bonds. The summed E-state index contributed by atoms with van der Waals surface area (Å²) in [6.07, 6.45) is 0.773. The van der Waals surface area contributed by atoms with Gasteiger partial charge in [0.25, 0.3) is 11.8 Å². The second-order valence-corrected chi connectivity index (χ2v) is 6.87. The van der Waals surface area contributed by atoms with Crippen LogP contribution < -0.4 is 5.32 Å². The molecule has 0 aromatic heterocycles. The fourth-order valence-electron chi connectivity index (χ4n) is 3.24. The number of carbonyl (C=O) groups excluding carboxylic acids is 3. The van der Waals surface area contributed by atoms with Crippen molar-refractivity contribution in [3.63, 3.8) is 0 Å². The largest absolute Gasteiger partial charge is 0.352 e. The van der Waals surface area contributed by atoms with Gasteiger partial charge in [-0.05, 0) is 36.2 Å². The Morgan fingerprint density at radius 2 is 1.39 bits per heavy atom. The van der Waals surface area contributed by atoms with Crippen LogP contribution in [-0.2, 0) is 11.2 Å². The van der Waals surface area contributed by atoms with E-state index in [4.69, 9.17) is 0 Å². The monoisotopic (exact) mass is 379 g/mol. The van der Waals surface area contributed by atoms with Crippen LogP contribution >= 0.6 is 0 Å². The summed E-state index contributed by atoms with van der Waals surface area (Å²) in [6, 6.07) is 16.7. The van der Waals surface area contributed by atoms with E-state index in [0.29, 0.717) is 43.9 Å². The van der Waals surface area contributed by atoms with Gasteiger partial charge in [0.15, 0.2) is 0 Å². The number of hydrogen-bond donors (Lipinski definition) is 1. The molecule has 3 rings (SSSR count). The van der Waals surface area contributed by atoms with Crippen LogP contribution in [0, 0.1) is 0 Å². The minimum absolute atomic E-state index is 0.0368. The first-order valence-corrected chi connectivity index (χ1v) is 9.51. The second kappa shape index (κ2) is 9.17. The summed E-state index contributed by atoms with van der Waals surface area (Å²) in [5.74, 6) is -0.182. The predicted octanol–water partition coefficient (Wildman–Crippen LogP) is 1.96. The molecular weight excluding hydrogens is 354 g/mol. The van der Waals surface area contributed by atoms with E-state index >= 15 is 0 Å². The van der Waals surface area contributed by atoms with Crippen molar-refractivity contribution < 1.29 is 14.4 Å². The lowest BCUT2D eigenvalue weighted by Crippen LogP contribution is -2.50. The van der Waals surface area contributed by atoms with Gasteiger partial charge in [-0.1, -0.05) is 30.3 Å². The topological polar surface area (TPSA) is 69.7 Å². The van der Waals surface area contributed by atoms with E-state index in [9.17, 15) is 14.4 Å². The number of rotatable bonds is 5. The van der Waals surface area contributed by atoms with Crippen molar-refractivity contribution in [3.05, 3.63) is 71.3 Å². The lowest BCUT2D eigenvalue weighted by atomic mass is 10.1. The maximum atomic E-state index is 12.6. The highest BCUT2D eigenvalue weighted by Crippen LogP contribution is 2.11. The molecule has 0 spiro atoms. The lowest BCUT2D eigenvalue weighted by Gasteiger charge is -2.34. The number of nitrogens with zero attached hydrogens (tertiary/aromatic N) is 2. The number of benzene rings is 2. The molecule has 0 unspecified atom stereocenters. The van der Waals surface area contributed by atoms with Gasteiger partial charge in [-0.2, -0.15) is 0 Å². The van der Waals surface area contributed by atoms with Crippen LogP contribution in [0.4, 0.5) is 0 Å². The standard InChI is InChI=1S/C22H25N3O3/c1-17(26)24-13-15-25(16-14-24)22(28)20-9-7-19(8-10-20)21(27)23-12-11-18-5-3-2-4-6-18/h2-10H,11-16H2,1H3,(H,23,27). The van der Waals surface area contributed by atoms with E-state index in [2.05, 4.69) is 5.32 Å². The fourth-order valence-corrected chi connectivity index (χ4v) is 3.24. The summed E-state index contributed by atoms with van der Waals surface area (Å²) < 4.78 is 0. The normalized spacial score (nSPS) is 13.9. The maximum absolute atomic E-state index is 12.6. The van der Waals surface area contributed by atoms with Gasteiger partial charge < -0.3 is 15.1 Å². The summed E-state index contributed by atoms with van der Waals surface area (Å²) in [6.45, 7) is 4.28. The number of nitrogens with one attached hydrogen (secondary N) is 1. The molecule has 0 atom stereocenters. The van der Waals surface area contributed by atoms with E-state index in [-0.39, 0.29) is 17.7 Å². The minimum Gasteiger partial charge on any atom is -0.352 e. The van der Waals surface area contributed by atoms with E-state index in [1.165, 1.54) is 5.56 Å². The fraction of sp³-hybridized carbons (Fsp3) is 0.318. The van der Waals surface area contributed by atoms with E-state index in [1.807, 2.05) is 30.3 Å². The van der Waals surface area contributed by atoms with Crippen LogP contribution in [0.1, 0.15) is 33.2 Å². The zero-order valence-electron chi connectivity index (χ0n) is 16.1. The summed E-state index contributed by atoms with van der Waals surface area (Å²) in [5.41, 5.74) is 2.26. The Kier molecular flexibility index (Phi) is 6.42. The van der Waals surface area contributed by atoms with Crippen molar-refractivity contribution in [2.75, 3.05) is 32.7 Å². The van der Waals surface area contributed by atoms with Crippen molar-refractivity contribution >= 4 is 17.7 Å². The molecule has 0 saturated carbocycles. The van der Waals surface area contributed by atoms with Gasteiger partial charge in [0.2, 0.25) is 5.91 Å². The van der Waals surface area contributed by atoms with Crippen molar-refractivity contribution in [1.82, 2.24) is 15.1 Å². The lowest BCUT2D eigenvalue weighted by molar-refractivity contribution is -0.130. The van der Waals surface area contributed by atoms with E-state index in [1.54, 1.807) is 41.0 Å². The van der Waals surface area contributed by atoms with Crippen LogP contribution in [0.5, 0.6) is 0 Å². The molecule has 0 radical (unpaired) electrons. The van der Waals surface area contributed by atoms with Crippen LogP contribution in [0.3, 0.4) is 0 Å². The molecule has 6 heteroatoms. The SMILES string of the molecule is CC(=O)N1CCN(C(=O)c2ccc(C(=O)NCCc3ccccc3)cc2)CC1. The summed E-state index contributed by atoms with van der Waals surface area (Å²) in [7, 11) is 0. The van der Waals surface area contributed by atoms with Crippen LogP contribution in [0.25, 0.3) is 0 Å². The molecule has 1 saturated heterocycles. The molecule has 0 aliphatic carbocycles. The highest BCUT2D eigenvalue weighted by atomic mass is 16.2. The average Bonchev–Trinajstić information content (AvgIpc) is 2.74. The van der Waals surface area contributed by atoms with Crippen LogP contribution in [0.15, 0.2) is 54.6 Å². The molecule has 1 heterocycles. The third-order valence-corrected chi connectivity index (χ3v) is 4.95. The van der Waals surface area contributed by atoms with E-state index < -0.39 is 0 Å². The smallest absolute Gasteiger partial charge is 0.253 e. The molecule has 2 aromatic rings. The number of amides is 3. The quantitative estimate of drug-likeness (QED) is 0.863.